The van der Waals surface area contributed by atoms with Gasteiger partial charge in [0.25, 0.3) is 5.95 Å². The van der Waals surface area contributed by atoms with Crippen LogP contribution in [-0.4, -0.2) is 73.1 Å². The summed E-state index contributed by atoms with van der Waals surface area (Å²) in [7, 11) is 0. The predicted octanol–water partition coefficient (Wildman–Crippen LogP) is 1.61. The molecular formula is C19H31N7O3. The number of aliphatic hydroxyl groups excluding tert-OH is 2. The molecule has 0 bridgehead atoms. The van der Waals surface area contributed by atoms with Gasteiger partial charge in [0, 0.05) is 19.5 Å². The minimum atomic E-state index is -0.758. The van der Waals surface area contributed by atoms with E-state index in [0.717, 1.165) is 38.8 Å². The van der Waals surface area contributed by atoms with Gasteiger partial charge in [0.15, 0.2) is 11.9 Å². The zero-order chi connectivity index (χ0) is 20.8. The summed E-state index contributed by atoms with van der Waals surface area (Å²) in [5, 5.41) is 24.2. The zero-order valence-electron chi connectivity index (χ0n) is 17.1. The molecule has 0 spiro atoms. The number of nitrogen functional groups attached to an aromatic ring is 1. The fourth-order valence-corrected chi connectivity index (χ4v) is 3.32. The van der Waals surface area contributed by atoms with E-state index in [2.05, 4.69) is 38.8 Å². The maximum atomic E-state index is 10.0. The van der Waals surface area contributed by atoms with Crippen LogP contribution >= 0.6 is 0 Å². The van der Waals surface area contributed by atoms with Crippen molar-refractivity contribution in [2.24, 2.45) is 4.99 Å². The Hall–Kier alpha value is -2.30. The second kappa shape index (κ2) is 9.95. The lowest BCUT2D eigenvalue weighted by molar-refractivity contribution is -0.0470. The van der Waals surface area contributed by atoms with E-state index in [-0.39, 0.29) is 12.6 Å². The first-order valence-corrected chi connectivity index (χ1v) is 10.3. The summed E-state index contributed by atoms with van der Waals surface area (Å²) in [5.74, 6) is 0.548. The van der Waals surface area contributed by atoms with Gasteiger partial charge in [0.1, 0.15) is 11.9 Å². The summed E-state index contributed by atoms with van der Waals surface area (Å²) >= 11 is 0. The predicted molar refractivity (Wildman–Crippen MR) is 111 cm³/mol. The Morgan fingerprint density at radius 3 is 2.66 bits per heavy atom. The average Bonchev–Trinajstić information content (AvgIpc) is 3.30. The number of ether oxygens (including phenoxy) is 1. The van der Waals surface area contributed by atoms with E-state index in [9.17, 15) is 10.2 Å². The highest BCUT2D eigenvalue weighted by Crippen LogP contribution is 2.31. The molecule has 0 aromatic carbocycles. The summed E-state index contributed by atoms with van der Waals surface area (Å²) in [6, 6.07) is 0. The van der Waals surface area contributed by atoms with Gasteiger partial charge in [-0.2, -0.15) is 15.1 Å². The third-order valence-electron chi connectivity index (χ3n) is 5.06. The van der Waals surface area contributed by atoms with Crippen LogP contribution in [0.4, 0.5) is 11.8 Å². The van der Waals surface area contributed by atoms with Crippen molar-refractivity contribution in [1.82, 2.24) is 24.6 Å². The van der Waals surface area contributed by atoms with Gasteiger partial charge in [0.2, 0.25) is 0 Å². The average molecular weight is 406 g/mol. The number of unbranched alkanes of at least 4 members (excludes halogenated alkanes) is 2. The summed E-state index contributed by atoms with van der Waals surface area (Å²) in [5.41, 5.74) is 6.59. The van der Waals surface area contributed by atoms with Crippen molar-refractivity contribution < 1.29 is 14.9 Å². The Labute approximate surface area is 170 Å². The van der Waals surface area contributed by atoms with Crippen molar-refractivity contribution in [1.29, 1.82) is 0 Å². The number of nitrogens with zero attached hydrogens (tertiary/aromatic N) is 6. The number of fused-ring (bicyclic) bond motifs is 1. The fourth-order valence-electron chi connectivity index (χ4n) is 3.32. The first-order valence-electron chi connectivity index (χ1n) is 10.3. The molecule has 29 heavy (non-hydrogen) atoms. The van der Waals surface area contributed by atoms with Crippen LogP contribution in [0.5, 0.6) is 0 Å². The summed E-state index contributed by atoms with van der Waals surface area (Å²) in [6.45, 7) is 5.95. The van der Waals surface area contributed by atoms with Crippen molar-refractivity contribution in [2.75, 3.05) is 25.4 Å². The van der Waals surface area contributed by atoms with Crippen LogP contribution in [0.3, 0.4) is 0 Å². The molecule has 3 heterocycles. The quantitative estimate of drug-likeness (QED) is 0.401. The van der Waals surface area contributed by atoms with Gasteiger partial charge in [-0.1, -0.05) is 26.7 Å². The number of hydrogen-bond acceptors (Lipinski definition) is 8. The number of aliphatic hydroxyl groups is 2. The molecule has 0 aliphatic carbocycles. The molecule has 1 fully saturated rings. The Balaban J connectivity index is 1.84. The van der Waals surface area contributed by atoms with Gasteiger partial charge in [-0.15, -0.1) is 0 Å². The molecule has 160 valence electrons. The summed E-state index contributed by atoms with van der Waals surface area (Å²) in [6.07, 6.45) is 6.17. The summed E-state index contributed by atoms with van der Waals surface area (Å²) in [4.78, 5) is 15.4. The molecule has 1 aliphatic heterocycles. The third-order valence-corrected chi connectivity index (χ3v) is 5.06. The van der Waals surface area contributed by atoms with Crippen molar-refractivity contribution in [3.05, 3.63) is 6.20 Å². The lowest BCUT2D eigenvalue weighted by atomic mass is 10.2. The van der Waals surface area contributed by atoms with E-state index in [1.54, 1.807) is 17.2 Å². The monoisotopic (exact) mass is 405 g/mol. The van der Waals surface area contributed by atoms with E-state index in [0.29, 0.717) is 23.3 Å². The van der Waals surface area contributed by atoms with E-state index >= 15 is 0 Å². The van der Waals surface area contributed by atoms with E-state index < -0.39 is 18.4 Å². The molecule has 0 radical (unpaired) electrons. The smallest absolute Gasteiger partial charge is 0.254 e. The fraction of sp³-hybridized carbons (Fsp3) is 0.684. The van der Waals surface area contributed by atoms with Crippen molar-refractivity contribution in [3.8, 4) is 0 Å². The molecule has 2 aromatic rings. The van der Waals surface area contributed by atoms with E-state index in [1.807, 2.05) is 0 Å². The van der Waals surface area contributed by atoms with Crippen LogP contribution in [0.15, 0.2) is 11.2 Å². The molecular weight excluding hydrogens is 374 g/mol. The molecule has 0 amide bonds. The highest BCUT2D eigenvalue weighted by molar-refractivity contribution is 5.86. The third kappa shape index (κ3) is 5.01. The molecule has 1 aliphatic rings. The minimum Gasteiger partial charge on any atom is -0.394 e. The van der Waals surface area contributed by atoms with Crippen LogP contribution in [0, 0.1) is 0 Å². The van der Waals surface area contributed by atoms with Gasteiger partial charge in [-0.05, 0) is 12.8 Å². The molecule has 4 N–H and O–H groups in total. The number of hydrogen-bond donors (Lipinski definition) is 3. The Morgan fingerprint density at radius 1 is 1.31 bits per heavy atom. The zero-order valence-corrected chi connectivity index (χ0v) is 17.1. The van der Waals surface area contributed by atoms with Crippen LogP contribution in [0.1, 0.15) is 52.2 Å². The van der Waals surface area contributed by atoms with Gasteiger partial charge in [0.05, 0.1) is 30.6 Å². The van der Waals surface area contributed by atoms with Crippen LogP contribution in [0.2, 0.25) is 0 Å². The van der Waals surface area contributed by atoms with Crippen LogP contribution in [-0.2, 0) is 4.74 Å². The largest absolute Gasteiger partial charge is 0.394 e. The molecule has 10 nitrogen and oxygen atoms in total. The van der Waals surface area contributed by atoms with Gasteiger partial charge in [-0.3, -0.25) is 0 Å². The molecule has 3 rings (SSSR count). The Kier molecular flexibility index (Phi) is 7.34. The molecule has 3 atom stereocenters. The standard InChI is InChI=1S/C19H31N7O3/c1-3-5-7-25(8-6-4-2)12-21-19-23-17(20)13-10-22-26(18(13)24-19)16-9-14(28)15(11-27)29-16/h10,12,14-16,27-28H,3-9,11H2,1-2H3,(H2,20,23,24)/t14-,15+,16-/m0/s1. The lowest BCUT2D eigenvalue weighted by Crippen LogP contribution is -2.24. The number of aromatic nitrogens is 4. The number of rotatable bonds is 10. The van der Waals surface area contributed by atoms with Gasteiger partial charge in [-0.25, -0.2) is 9.67 Å². The summed E-state index contributed by atoms with van der Waals surface area (Å²) < 4.78 is 7.26. The second-order valence-corrected chi connectivity index (χ2v) is 7.34. The number of anilines is 1. The van der Waals surface area contributed by atoms with Crippen molar-refractivity contribution >= 4 is 29.1 Å². The van der Waals surface area contributed by atoms with Crippen LogP contribution < -0.4 is 5.73 Å². The minimum absolute atomic E-state index is 0.255. The number of nitrogens with two attached hydrogens (primary N) is 1. The van der Waals surface area contributed by atoms with Crippen molar-refractivity contribution in [3.63, 3.8) is 0 Å². The normalized spacial score (nSPS) is 22.1. The molecule has 0 unspecified atom stereocenters. The molecule has 10 heteroatoms. The van der Waals surface area contributed by atoms with Gasteiger partial charge < -0.3 is 25.6 Å². The highest BCUT2D eigenvalue weighted by atomic mass is 16.5. The molecule has 1 saturated heterocycles. The SMILES string of the molecule is CCCCN(C=Nc1nc(N)c2cnn([C@@H]3C[C@H](O)[C@@H](CO)O3)c2n1)CCCC. The van der Waals surface area contributed by atoms with E-state index in [1.165, 1.54) is 0 Å². The first kappa shape index (κ1) is 21.4. The molecule has 0 saturated carbocycles. The maximum Gasteiger partial charge on any atom is 0.254 e. The second-order valence-electron chi connectivity index (χ2n) is 7.34. The van der Waals surface area contributed by atoms with Crippen LogP contribution in [0.25, 0.3) is 11.0 Å². The van der Waals surface area contributed by atoms with Crippen molar-refractivity contribution in [2.45, 2.75) is 64.4 Å². The maximum absolute atomic E-state index is 10.0. The lowest BCUT2D eigenvalue weighted by Gasteiger charge is -2.18. The Morgan fingerprint density at radius 2 is 2.03 bits per heavy atom. The number of aliphatic imine (C=N–C) groups is 1. The molecule has 2 aromatic heterocycles. The highest BCUT2D eigenvalue weighted by Gasteiger charge is 2.36. The van der Waals surface area contributed by atoms with E-state index in [4.69, 9.17) is 10.5 Å². The Bertz CT molecular complexity index is 817. The first-order chi connectivity index (χ1) is 14.1. The topological polar surface area (TPSA) is 135 Å². The van der Waals surface area contributed by atoms with Gasteiger partial charge >= 0.3 is 0 Å².